The summed E-state index contributed by atoms with van der Waals surface area (Å²) in [5.74, 6) is 0.628. The minimum absolute atomic E-state index is 0.410. The minimum atomic E-state index is -0.443. The molecule has 0 bridgehead atoms. The van der Waals surface area contributed by atoms with Crippen LogP contribution in [0.15, 0.2) is 12.7 Å². The van der Waals surface area contributed by atoms with Crippen LogP contribution in [0.3, 0.4) is 0 Å². The zero-order valence-electron chi connectivity index (χ0n) is 14.0. The van der Waals surface area contributed by atoms with E-state index in [1.807, 2.05) is 6.08 Å². The van der Waals surface area contributed by atoms with Crippen molar-refractivity contribution < 1.29 is 14.6 Å². The van der Waals surface area contributed by atoms with E-state index in [2.05, 4.69) is 25.7 Å². The SMILES string of the molecule is C=CCCOCCNCC(O)COCC(CC)CCCC. The molecular weight excluding hydrogens is 266 g/mol. The van der Waals surface area contributed by atoms with E-state index < -0.39 is 6.10 Å². The third kappa shape index (κ3) is 14.3. The Hall–Kier alpha value is -0.420. The van der Waals surface area contributed by atoms with Crippen LogP contribution in [0.1, 0.15) is 46.0 Å². The first-order chi connectivity index (χ1) is 10.2. The van der Waals surface area contributed by atoms with E-state index >= 15 is 0 Å². The van der Waals surface area contributed by atoms with Crippen molar-refractivity contribution >= 4 is 0 Å². The zero-order chi connectivity index (χ0) is 15.8. The molecule has 0 rings (SSSR count). The van der Waals surface area contributed by atoms with Gasteiger partial charge in [0.2, 0.25) is 0 Å². The summed E-state index contributed by atoms with van der Waals surface area (Å²) in [6, 6.07) is 0. The van der Waals surface area contributed by atoms with Crippen LogP contribution >= 0.6 is 0 Å². The second-order valence-electron chi connectivity index (χ2n) is 5.50. The van der Waals surface area contributed by atoms with E-state index in [1.165, 1.54) is 19.3 Å². The fourth-order valence-corrected chi connectivity index (χ4v) is 2.01. The Kier molecular flexibility index (Phi) is 15.6. The summed E-state index contributed by atoms with van der Waals surface area (Å²) in [4.78, 5) is 0. The normalized spacial score (nSPS) is 14.0. The lowest BCUT2D eigenvalue weighted by atomic mass is 10.0. The first-order valence-electron chi connectivity index (χ1n) is 8.39. The van der Waals surface area contributed by atoms with Crippen LogP contribution in [0.2, 0.25) is 0 Å². The molecule has 4 nitrogen and oxygen atoms in total. The predicted octanol–water partition coefficient (Wildman–Crippen LogP) is 2.76. The maximum absolute atomic E-state index is 9.81. The fourth-order valence-electron chi connectivity index (χ4n) is 2.01. The molecule has 0 aliphatic rings. The molecule has 0 saturated heterocycles. The Bertz CT molecular complexity index is 224. The molecule has 0 fully saturated rings. The quantitative estimate of drug-likeness (QED) is 0.340. The second kappa shape index (κ2) is 16.0. The summed E-state index contributed by atoms with van der Waals surface area (Å²) in [7, 11) is 0. The third-order valence-corrected chi connectivity index (χ3v) is 3.48. The summed E-state index contributed by atoms with van der Waals surface area (Å²) in [5, 5.41) is 13.0. The molecule has 2 N–H and O–H groups in total. The van der Waals surface area contributed by atoms with Gasteiger partial charge in [-0.15, -0.1) is 6.58 Å². The number of hydrogen-bond acceptors (Lipinski definition) is 4. The van der Waals surface area contributed by atoms with Crippen LogP contribution in [-0.4, -0.2) is 50.7 Å². The van der Waals surface area contributed by atoms with Crippen molar-refractivity contribution in [3.05, 3.63) is 12.7 Å². The highest BCUT2D eigenvalue weighted by Crippen LogP contribution is 2.12. The van der Waals surface area contributed by atoms with Gasteiger partial charge < -0.3 is 19.9 Å². The summed E-state index contributed by atoms with van der Waals surface area (Å²) in [5.41, 5.74) is 0. The fraction of sp³-hybridized carbons (Fsp3) is 0.882. The van der Waals surface area contributed by atoms with E-state index in [0.717, 1.165) is 26.0 Å². The maximum Gasteiger partial charge on any atom is 0.0897 e. The molecule has 0 spiro atoms. The Morgan fingerprint density at radius 2 is 2.00 bits per heavy atom. The van der Waals surface area contributed by atoms with Crippen molar-refractivity contribution in [1.82, 2.24) is 5.32 Å². The topological polar surface area (TPSA) is 50.7 Å². The van der Waals surface area contributed by atoms with Crippen LogP contribution in [0.5, 0.6) is 0 Å². The number of aliphatic hydroxyl groups excluding tert-OH is 1. The van der Waals surface area contributed by atoms with Crippen molar-refractivity contribution in [2.75, 3.05) is 39.5 Å². The first-order valence-corrected chi connectivity index (χ1v) is 8.39. The molecular formula is C17H35NO3. The Balaban J connectivity index is 3.40. The van der Waals surface area contributed by atoms with E-state index in [4.69, 9.17) is 9.47 Å². The smallest absolute Gasteiger partial charge is 0.0897 e. The molecule has 0 radical (unpaired) electrons. The van der Waals surface area contributed by atoms with Crippen molar-refractivity contribution in [3.63, 3.8) is 0 Å². The number of aliphatic hydroxyl groups is 1. The molecule has 0 aliphatic heterocycles. The highest BCUT2D eigenvalue weighted by atomic mass is 16.5. The highest BCUT2D eigenvalue weighted by Gasteiger charge is 2.08. The molecule has 0 amide bonds. The minimum Gasteiger partial charge on any atom is -0.389 e. The van der Waals surface area contributed by atoms with Gasteiger partial charge in [0.25, 0.3) is 0 Å². The lowest BCUT2D eigenvalue weighted by Gasteiger charge is -2.17. The average molecular weight is 301 g/mol. The highest BCUT2D eigenvalue weighted by molar-refractivity contribution is 4.65. The van der Waals surface area contributed by atoms with E-state index in [9.17, 15) is 5.11 Å². The molecule has 0 saturated carbocycles. The van der Waals surface area contributed by atoms with Gasteiger partial charge in [-0.1, -0.05) is 39.2 Å². The van der Waals surface area contributed by atoms with Gasteiger partial charge >= 0.3 is 0 Å². The van der Waals surface area contributed by atoms with Gasteiger partial charge in [-0.3, -0.25) is 0 Å². The van der Waals surface area contributed by atoms with Gasteiger partial charge in [-0.05, 0) is 18.8 Å². The lowest BCUT2D eigenvalue weighted by molar-refractivity contribution is 0.0185. The van der Waals surface area contributed by atoms with Crippen molar-refractivity contribution in [3.8, 4) is 0 Å². The lowest BCUT2D eigenvalue weighted by Crippen LogP contribution is -2.33. The van der Waals surface area contributed by atoms with Gasteiger partial charge in [0.05, 0.1) is 25.9 Å². The van der Waals surface area contributed by atoms with Crippen LogP contribution in [0, 0.1) is 5.92 Å². The summed E-state index contributed by atoms with van der Waals surface area (Å²) in [6.07, 6.45) is 7.16. The number of ether oxygens (including phenoxy) is 2. The molecule has 0 aromatic rings. The van der Waals surface area contributed by atoms with Gasteiger partial charge in [0, 0.05) is 19.7 Å². The summed E-state index contributed by atoms with van der Waals surface area (Å²) >= 11 is 0. The molecule has 0 aromatic carbocycles. The summed E-state index contributed by atoms with van der Waals surface area (Å²) < 4.78 is 11.0. The maximum atomic E-state index is 9.81. The van der Waals surface area contributed by atoms with E-state index in [-0.39, 0.29) is 0 Å². The van der Waals surface area contributed by atoms with Gasteiger partial charge in [-0.25, -0.2) is 0 Å². The van der Waals surface area contributed by atoms with Crippen LogP contribution in [0.25, 0.3) is 0 Å². The second-order valence-corrected chi connectivity index (χ2v) is 5.50. The first kappa shape index (κ1) is 20.6. The van der Waals surface area contributed by atoms with Crippen molar-refractivity contribution in [2.24, 2.45) is 5.92 Å². The van der Waals surface area contributed by atoms with E-state index in [0.29, 0.717) is 32.3 Å². The van der Waals surface area contributed by atoms with Crippen LogP contribution in [-0.2, 0) is 9.47 Å². The van der Waals surface area contributed by atoms with Crippen LogP contribution < -0.4 is 5.32 Å². The molecule has 0 aromatic heterocycles. The zero-order valence-corrected chi connectivity index (χ0v) is 14.0. The third-order valence-electron chi connectivity index (χ3n) is 3.48. The molecule has 4 heteroatoms. The van der Waals surface area contributed by atoms with Gasteiger partial charge in [0.15, 0.2) is 0 Å². The number of hydrogen-bond donors (Lipinski definition) is 2. The Morgan fingerprint density at radius 1 is 1.19 bits per heavy atom. The molecule has 21 heavy (non-hydrogen) atoms. The average Bonchev–Trinajstić information content (AvgIpc) is 2.49. The molecule has 2 atom stereocenters. The molecule has 126 valence electrons. The van der Waals surface area contributed by atoms with Crippen molar-refractivity contribution in [2.45, 2.75) is 52.1 Å². The standard InChI is InChI=1S/C17H35NO3/c1-4-7-9-16(6-3)14-21-15-17(19)13-18-10-12-20-11-8-5-2/h5,16-19H,2,4,6-15H2,1,3H3. The number of unbranched alkanes of at least 4 members (excludes halogenated alkanes) is 1. The van der Waals surface area contributed by atoms with E-state index in [1.54, 1.807) is 0 Å². The number of nitrogens with one attached hydrogen (secondary N) is 1. The number of rotatable bonds is 16. The van der Waals surface area contributed by atoms with Crippen LogP contribution in [0.4, 0.5) is 0 Å². The Labute approximate surface area is 130 Å². The largest absolute Gasteiger partial charge is 0.389 e. The molecule has 0 aliphatic carbocycles. The summed E-state index contributed by atoms with van der Waals surface area (Å²) in [6.45, 7) is 11.9. The Morgan fingerprint density at radius 3 is 2.67 bits per heavy atom. The van der Waals surface area contributed by atoms with Gasteiger partial charge in [0.1, 0.15) is 0 Å². The molecule has 0 heterocycles. The van der Waals surface area contributed by atoms with Crippen molar-refractivity contribution in [1.29, 1.82) is 0 Å². The van der Waals surface area contributed by atoms with Gasteiger partial charge in [-0.2, -0.15) is 0 Å². The predicted molar refractivity (Wildman–Crippen MR) is 88.6 cm³/mol. The monoisotopic (exact) mass is 301 g/mol. The molecule has 2 unspecified atom stereocenters.